The molecule has 16 heavy (non-hydrogen) atoms. The lowest BCUT2D eigenvalue weighted by molar-refractivity contribution is 0.824. The molecule has 0 unspecified atom stereocenters. The van der Waals surface area contributed by atoms with E-state index < -0.39 is 0 Å². The summed E-state index contributed by atoms with van der Waals surface area (Å²) in [6.07, 6.45) is 2.18. The molecule has 90 valence electrons. The normalized spacial score (nSPS) is 10.1. The lowest BCUT2D eigenvalue weighted by Crippen LogP contribution is -2.17. The smallest absolute Gasteiger partial charge is 0.229 e. The highest BCUT2D eigenvalue weighted by Gasteiger charge is 2.02. The van der Waals surface area contributed by atoms with Crippen molar-refractivity contribution in [2.24, 2.45) is 5.73 Å². The molecule has 1 aromatic heterocycles. The SMILES string of the molecule is CCCCNc1nc(N)nc(NCCN)n1. The van der Waals surface area contributed by atoms with Crippen LogP contribution in [0.2, 0.25) is 0 Å². The Kier molecular flexibility index (Phi) is 5.27. The molecule has 0 aromatic carbocycles. The van der Waals surface area contributed by atoms with Crippen LogP contribution in [0.1, 0.15) is 19.8 Å². The highest BCUT2D eigenvalue weighted by Crippen LogP contribution is 2.06. The summed E-state index contributed by atoms with van der Waals surface area (Å²) in [7, 11) is 0. The number of rotatable bonds is 7. The number of unbranched alkanes of at least 4 members (excludes halogenated alkanes) is 1. The molecule has 1 heterocycles. The van der Waals surface area contributed by atoms with E-state index in [0.717, 1.165) is 19.4 Å². The third kappa shape index (κ3) is 4.26. The average Bonchev–Trinajstić information content (AvgIpc) is 2.26. The lowest BCUT2D eigenvalue weighted by Gasteiger charge is -2.07. The number of hydrogen-bond acceptors (Lipinski definition) is 7. The van der Waals surface area contributed by atoms with Gasteiger partial charge < -0.3 is 22.1 Å². The minimum absolute atomic E-state index is 0.202. The molecule has 0 saturated carbocycles. The molecule has 0 radical (unpaired) electrons. The Bertz CT molecular complexity index is 315. The third-order valence-electron chi connectivity index (χ3n) is 1.89. The van der Waals surface area contributed by atoms with Crippen LogP contribution >= 0.6 is 0 Å². The first kappa shape index (κ1) is 12.4. The van der Waals surface area contributed by atoms with Crippen LogP contribution in [-0.2, 0) is 0 Å². The number of nitrogen functional groups attached to an aromatic ring is 1. The molecule has 1 aromatic rings. The van der Waals surface area contributed by atoms with E-state index in [2.05, 4.69) is 32.5 Å². The topological polar surface area (TPSA) is 115 Å². The molecular weight excluding hydrogens is 206 g/mol. The van der Waals surface area contributed by atoms with Gasteiger partial charge in [-0.25, -0.2) is 0 Å². The van der Waals surface area contributed by atoms with E-state index in [-0.39, 0.29) is 5.95 Å². The van der Waals surface area contributed by atoms with Crippen LogP contribution in [0.25, 0.3) is 0 Å². The monoisotopic (exact) mass is 225 g/mol. The van der Waals surface area contributed by atoms with Gasteiger partial charge in [0, 0.05) is 19.6 Å². The lowest BCUT2D eigenvalue weighted by atomic mass is 10.3. The zero-order valence-electron chi connectivity index (χ0n) is 9.53. The molecule has 0 saturated heterocycles. The number of anilines is 3. The summed E-state index contributed by atoms with van der Waals surface area (Å²) in [6, 6.07) is 0. The van der Waals surface area contributed by atoms with Gasteiger partial charge in [-0.2, -0.15) is 15.0 Å². The first-order valence-electron chi connectivity index (χ1n) is 5.45. The van der Waals surface area contributed by atoms with Crippen molar-refractivity contribution in [1.29, 1.82) is 0 Å². The van der Waals surface area contributed by atoms with Crippen molar-refractivity contribution in [2.45, 2.75) is 19.8 Å². The number of hydrogen-bond donors (Lipinski definition) is 4. The Morgan fingerprint density at radius 1 is 1.06 bits per heavy atom. The molecule has 6 N–H and O–H groups in total. The van der Waals surface area contributed by atoms with Crippen molar-refractivity contribution in [1.82, 2.24) is 15.0 Å². The van der Waals surface area contributed by atoms with Crippen LogP contribution < -0.4 is 22.1 Å². The van der Waals surface area contributed by atoms with Gasteiger partial charge in [-0.1, -0.05) is 13.3 Å². The number of nitrogens with zero attached hydrogens (tertiary/aromatic N) is 3. The van der Waals surface area contributed by atoms with Gasteiger partial charge in [-0.3, -0.25) is 0 Å². The minimum Gasteiger partial charge on any atom is -0.368 e. The summed E-state index contributed by atoms with van der Waals surface area (Å²) in [4.78, 5) is 12.1. The molecule has 0 aliphatic rings. The van der Waals surface area contributed by atoms with Gasteiger partial charge in [0.25, 0.3) is 0 Å². The maximum Gasteiger partial charge on any atom is 0.229 e. The zero-order chi connectivity index (χ0) is 11.8. The first-order chi connectivity index (χ1) is 7.76. The van der Waals surface area contributed by atoms with Crippen molar-refractivity contribution >= 4 is 17.8 Å². The summed E-state index contributed by atoms with van der Waals surface area (Å²) in [5.74, 6) is 1.16. The van der Waals surface area contributed by atoms with E-state index in [4.69, 9.17) is 11.5 Å². The Balaban J connectivity index is 2.58. The van der Waals surface area contributed by atoms with Crippen LogP contribution in [0.4, 0.5) is 17.8 Å². The molecule has 0 bridgehead atoms. The molecule has 7 heteroatoms. The second-order valence-electron chi connectivity index (χ2n) is 3.34. The summed E-state index contributed by atoms with van der Waals surface area (Å²) in [5.41, 5.74) is 10.9. The van der Waals surface area contributed by atoms with Crippen LogP contribution in [0.15, 0.2) is 0 Å². The van der Waals surface area contributed by atoms with Gasteiger partial charge in [-0.05, 0) is 6.42 Å². The molecule has 0 amide bonds. The molecule has 1 rings (SSSR count). The van der Waals surface area contributed by atoms with Crippen LogP contribution in [-0.4, -0.2) is 34.6 Å². The van der Waals surface area contributed by atoms with E-state index >= 15 is 0 Å². The summed E-state index contributed by atoms with van der Waals surface area (Å²) < 4.78 is 0. The van der Waals surface area contributed by atoms with Crippen molar-refractivity contribution in [3.63, 3.8) is 0 Å². The van der Waals surface area contributed by atoms with Gasteiger partial charge >= 0.3 is 0 Å². The maximum atomic E-state index is 5.56. The summed E-state index contributed by atoms with van der Waals surface area (Å²) in [6.45, 7) is 4.08. The van der Waals surface area contributed by atoms with E-state index in [1.807, 2.05) is 0 Å². The van der Waals surface area contributed by atoms with Crippen molar-refractivity contribution < 1.29 is 0 Å². The zero-order valence-corrected chi connectivity index (χ0v) is 9.53. The van der Waals surface area contributed by atoms with Crippen LogP contribution in [0, 0.1) is 0 Å². The van der Waals surface area contributed by atoms with E-state index in [1.54, 1.807) is 0 Å². The highest BCUT2D eigenvalue weighted by molar-refractivity contribution is 5.39. The Morgan fingerprint density at radius 3 is 2.25 bits per heavy atom. The van der Waals surface area contributed by atoms with Crippen molar-refractivity contribution in [3.8, 4) is 0 Å². The summed E-state index contributed by atoms with van der Waals surface area (Å²) in [5, 5.41) is 6.05. The van der Waals surface area contributed by atoms with Crippen molar-refractivity contribution in [3.05, 3.63) is 0 Å². The largest absolute Gasteiger partial charge is 0.368 e. The van der Waals surface area contributed by atoms with Crippen LogP contribution in [0.5, 0.6) is 0 Å². The molecule has 7 nitrogen and oxygen atoms in total. The van der Waals surface area contributed by atoms with Gasteiger partial charge in [0.2, 0.25) is 17.8 Å². The van der Waals surface area contributed by atoms with Gasteiger partial charge in [-0.15, -0.1) is 0 Å². The predicted octanol–water partition coefficient (Wildman–Crippen LogP) is 0.0364. The number of aromatic nitrogens is 3. The minimum atomic E-state index is 0.202. The van der Waals surface area contributed by atoms with Gasteiger partial charge in [0.05, 0.1) is 0 Å². The fraction of sp³-hybridized carbons (Fsp3) is 0.667. The Labute approximate surface area is 95.1 Å². The standard InChI is InChI=1S/C9H19N7/c1-2-3-5-12-8-14-7(11)15-9(16-8)13-6-4-10/h2-6,10H2,1H3,(H4,11,12,13,14,15,16). The first-order valence-corrected chi connectivity index (χ1v) is 5.45. The van der Waals surface area contributed by atoms with Crippen LogP contribution in [0.3, 0.4) is 0 Å². The highest BCUT2D eigenvalue weighted by atomic mass is 15.2. The molecule has 0 atom stereocenters. The second-order valence-corrected chi connectivity index (χ2v) is 3.34. The van der Waals surface area contributed by atoms with Gasteiger partial charge in [0.15, 0.2) is 0 Å². The van der Waals surface area contributed by atoms with E-state index in [9.17, 15) is 0 Å². The number of nitrogens with one attached hydrogen (secondary N) is 2. The molecule has 0 fully saturated rings. The summed E-state index contributed by atoms with van der Waals surface area (Å²) >= 11 is 0. The maximum absolute atomic E-state index is 5.56. The van der Waals surface area contributed by atoms with Gasteiger partial charge in [0.1, 0.15) is 0 Å². The quantitative estimate of drug-likeness (QED) is 0.484. The second kappa shape index (κ2) is 6.78. The fourth-order valence-corrected chi connectivity index (χ4v) is 1.11. The van der Waals surface area contributed by atoms with E-state index in [0.29, 0.717) is 25.0 Å². The number of nitrogens with two attached hydrogens (primary N) is 2. The molecule has 0 spiro atoms. The molecular formula is C9H19N7. The molecule has 0 aliphatic carbocycles. The molecule has 0 aliphatic heterocycles. The van der Waals surface area contributed by atoms with Crippen molar-refractivity contribution in [2.75, 3.05) is 36.0 Å². The average molecular weight is 225 g/mol. The third-order valence-corrected chi connectivity index (χ3v) is 1.89. The Morgan fingerprint density at radius 2 is 1.69 bits per heavy atom. The fourth-order valence-electron chi connectivity index (χ4n) is 1.11. The predicted molar refractivity (Wildman–Crippen MR) is 65.2 cm³/mol. The van der Waals surface area contributed by atoms with E-state index in [1.165, 1.54) is 0 Å². The Hall–Kier alpha value is -1.63.